The molecule has 2 fully saturated rings. The van der Waals surface area contributed by atoms with Gasteiger partial charge in [0.2, 0.25) is 5.91 Å². The third-order valence-electron chi connectivity index (χ3n) is 6.69. The third-order valence-corrected chi connectivity index (χ3v) is 8.49. The molecule has 2 aromatic carbocycles. The predicted octanol–water partition coefficient (Wildman–Crippen LogP) is 4.57. The summed E-state index contributed by atoms with van der Waals surface area (Å²) >= 11 is 2.76. The second kappa shape index (κ2) is 9.82. The van der Waals surface area contributed by atoms with Gasteiger partial charge < -0.3 is 14.4 Å². The maximum atomic E-state index is 13.9. The van der Waals surface area contributed by atoms with E-state index < -0.39 is 5.79 Å². The molecule has 0 atom stereocenters. The smallest absolute Gasteiger partial charge is 0.268 e. The van der Waals surface area contributed by atoms with Crippen molar-refractivity contribution in [2.75, 3.05) is 32.1 Å². The van der Waals surface area contributed by atoms with Gasteiger partial charge in [0.25, 0.3) is 5.56 Å². The molecule has 0 saturated carbocycles. The molecule has 4 aromatic rings. The van der Waals surface area contributed by atoms with E-state index in [1.54, 1.807) is 4.57 Å². The summed E-state index contributed by atoms with van der Waals surface area (Å²) in [5.74, 6) is -0.283. The van der Waals surface area contributed by atoms with Crippen LogP contribution in [0.15, 0.2) is 76.0 Å². The van der Waals surface area contributed by atoms with Crippen LogP contribution in [-0.2, 0) is 14.3 Å². The third kappa shape index (κ3) is 4.37. The monoisotopic (exact) mass is 519 g/mol. The van der Waals surface area contributed by atoms with Crippen LogP contribution in [0.1, 0.15) is 12.8 Å². The number of aromatic nitrogens is 2. The van der Waals surface area contributed by atoms with Crippen molar-refractivity contribution in [3.05, 3.63) is 76.4 Å². The number of ether oxygens (including phenoxy) is 2. The molecule has 2 aromatic heterocycles. The normalized spacial score (nSPS) is 17.2. The molecule has 9 heteroatoms. The summed E-state index contributed by atoms with van der Waals surface area (Å²) in [7, 11) is 0. The van der Waals surface area contributed by atoms with Crippen LogP contribution in [0.2, 0.25) is 0 Å². The second-order valence-electron chi connectivity index (χ2n) is 8.84. The molecule has 184 valence electrons. The Morgan fingerprint density at radius 1 is 1.00 bits per heavy atom. The molecule has 6 rings (SSSR count). The largest absolute Gasteiger partial charge is 0.347 e. The molecule has 0 bridgehead atoms. The molecule has 0 radical (unpaired) electrons. The van der Waals surface area contributed by atoms with E-state index in [1.807, 2.05) is 70.9 Å². The molecule has 4 heterocycles. The first-order valence-corrected chi connectivity index (χ1v) is 13.8. The van der Waals surface area contributed by atoms with Crippen LogP contribution < -0.4 is 5.56 Å². The van der Waals surface area contributed by atoms with Crippen molar-refractivity contribution in [2.24, 2.45) is 0 Å². The lowest BCUT2D eigenvalue weighted by molar-refractivity contribution is -0.186. The van der Waals surface area contributed by atoms with Crippen LogP contribution in [0.3, 0.4) is 0 Å². The van der Waals surface area contributed by atoms with Gasteiger partial charge in [-0.05, 0) is 17.7 Å². The topological polar surface area (TPSA) is 73.7 Å². The number of para-hydroxylation sites is 1. The number of carbonyl (C=O) groups is 1. The zero-order chi connectivity index (χ0) is 24.5. The number of hydrogen-bond acceptors (Lipinski definition) is 7. The number of hydrogen-bond donors (Lipinski definition) is 0. The lowest BCUT2D eigenvalue weighted by Crippen LogP contribution is -2.47. The van der Waals surface area contributed by atoms with Gasteiger partial charge in [-0.3, -0.25) is 14.2 Å². The standard InChI is InChI=1S/C27H25N3O4S2/c31-22(29-13-11-27(12-14-29)33-15-16-34-27)18-36-26-28-24-23(21(17-35-24)19-7-3-1-4-8-19)25(32)30(26)20-9-5-2-6-10-20/h1-10,17H,11-16,18H2. The van der Waals surface area contributed by atoms with E-state index >= 15 is 0 Å². The van der Waals surface area contributed by atoms with Crippen LogP contribution in [0.25, 0.3) is 27.0 Å². The van der Waals surface area contributed by atoms with Gasteiger partial charge in [-0.1, -0.05) is 60.3 Å². The van der Waals surface area contributed by atoms with Crippen molar-refractivity contribution in [3.63, 3.8) is 0 Å². The first-order valence-electron chi connectivity index (χ1n) is 12.0. The Morgan fingerprint density at radius 3 is 2.36 bits per heavy atom. The highest BCUT2D eigenvalue weighted by Crippen LogP contribution is 2.34. The van der Waals surface area contributed by atoms with Gasteiger partial charge in [0.15, 0.2) is 10.9 Å². The average molecular weight is 520 g/mol. The lowest BCUT2D eigenvalue weighted by atomic mass is 10.0. The Hall–Kier alpha value is -2.98. The average Bonchev–Trinajstić information content (AvgIpc) is 3.56. The highest BCUT2D eigenvalue weighted by Gasteiger charge is 2.40. The molecule has 1 spiro atoms. The fourth-order valence-corrected chi connectivity index (χ4v) is 6.71. The molecule has 2 saturated heterocycles. The van der Waals surface area contributed by atoms with Crippen LogP contribution in [0.4, 0.5) is 0 Å². The molecule has 36 heavy (non-hydrogen) atoms. The van der Waals surface area contributed by atoms with E-state index in [1.165, 1.54) is 23.1 Å². The summed E-state index contributed by atoms with van der Waals surface area (Å²) in [5, 5.41) is 3.10. The molecule has 2 aliphatic heterocycles. The van der Waals surface area contributed by atoms with Gasteiger partial charge in [-0.15, -0.1) is 11.3 Å². The van der Waals surface area contributed by atoms with Crippen LogP contribution in [0, 0.1) is 0 Å². The lowest BCUT2D eigenvalue weighted by Gasteiger charge is -2.37. The van der Waals surface area contributed by atoms with Crippen molar-refractivity contribution < 1.29 is 14.3 Å². The number of fused-ring (bicyclic) bond motifs is 1. The van der Waals surface area contributed by atoms with Gasteiger partial charge >= 0.3 is 0 Å². The number of benzene rings is 2. The number of nitrogens with zero attached hydrogens (tertiary/aromatic N) is 3. The quantitative estimate of drug-likeness (QED) is 0.284. The van der Waals surface area contributed by atoms with Crippen molar-refractivity contribution in [1.29, 1.82) is 0 Å². The molecule has 0 aliphatic carbocycles. The highest BCUT2D eigenvalue weighted by molar-refractivity contribution is 7.99. The number of likely N-dealkylation sites (tertiary alicyclic amines) is 1. The maximum Gasteiger partial charge on any atom is 0.268 e. The number of rotatable bonds is 5. The summed E-state index contributed by atoms with van der Waals surface area (Å²) in [6.07, 6.45) is 1.36. The Balaban J connectivity index is 1.30. The maximum absolute atomic E-state index is 13.9. The van der Waals surface area contributed by atoms with Crippen molar-refractivity contribution >= 4 is 39.2 Å². The van der Waals surface area contributed by atoms with Crippen molar-refractivity contribution in [2.45, 2.75) is 23.8 Å². The molecule has 0 N–H and O–H groups in total. The fraction of sp³-hybridized carbons (Fsp3) is 0.296. The minimum Gasteiger partial charge on any atom is -0.347 e. The molecule has 2 aliphatic rings. The first-order chi connectivity index (χ1) is 17.6. The van der Waals surface area contributed by atoms with Gasteiger partial charge in [0.1, 0.15) is 4.83 Å². The fourth-order valence-electron chi connectivity index (χ4n) is 4.80. The minimum atomic E-state index is -0.514. The van der Waals surface area contributed by atoms with E-state index in [9.17, 15) is 9.59 Å². The summed E-state index contributed by atoms with van der Waals surface area (Å²) in [5.41, 5.74) is 2.46. The minimum absolute atomic E-state index is 0.0259. The zero-order valence-corrected chi connectivity index (χ0v) is 21.2. The zero-order valence-electron chi connectivity index (χ0n) is 19.6. The SMILES string of the molecule is O=C(CSc1nc2scc(-c3ccccc3)c2c(=O)n1-c1ccccc1)N1CCC2(CC1)OCCO2. The molecular weight excluding hydrogens is 494 g/mol. The number of amides is 1. The number of thiophene rings is 1. The van der Waals surface area contributed by atoms with Gasteiger partial charge in [-0.2, -0.15) is 0 Å². The van der Waals surface area contributed by atoms with E-state index in [2.05, 4.69) is 0 Å². The Morgan fingerprint density at radius 2 is 1.67 bits per heavy atom. The second-order valence-corrected chi connectivity index (χ2v) is 10.6. The van der Waals surface area contributed by atoms with Crippen LogP contribution >= 0.6 is 23.1 Å². The summed E-state index contributed by atoms with van der Waals surface area (Å²) in [4.78, 5) is 34.4. The van der Waals surface area contributed by atoms with Gasteiger partial charge in [0, 0.05) is 36.9 Å². The highest BCUT2D eigenvalue weighted by atomic mass is 32.2. The summed E-state index contributed by atoms with van der Waals surface area (Å²) < 4.78 is 13.2. The van der Waals surface area contributed by atoms with E-state index in [-0.39, 0.29) is 17.2 Å². The van der Waals surface area contributed by atoms with Gasteiger partial charge in [0.05, 0.1) is 30.0 Å². The number of carbonyl (C=O) groups excluding carboxylic acids is 1. The molecule has 1 amide bonds. The Bertz CT molecular complexity index is 1440. The number of thioether (sulfide) groups is 1. The van der Waals surface area contributed by atoms with E-state index in [0.717, 1.165) is 16.8 Å². The Kier molecular flexibility index (Phi) is 6.39. The first kappa shape index (κ1) is 23.4. The van der Waals surface area contributed by atoms with Crippen molar-refractivity contribution in [3.8, 4) is 16.8 Å². The summed E-state index contributed by atoms with van der Waals surface area (Å²) in [6.45, 7) is 2.43. The summed E-state index contributed by atoms with van der Waals surface area (Å²) in [6, 6.07) is 19.4. The van der Waals surface area contributed by atoms with Crippen molar-refractivity contribution in [1.82, 2.24) is 14.5 Å². The van der Waals surface area contributed by atoms with Crippen LogP contribution in [0.5, 0.6) is 0 Å². The van der Waals surface area contributed by atoms with Crippen LogP contribution in [-0.4, -0.2) is 58.2 Å². The number of piperidine rings is 1. The molecule has 0 unspecified atom stereocenters. The predicted molar refractivity (Wildman–Crippen MR) is 142 cm³/mol. The van der Waals surface area contributed by atoms with E-state index in [0.29, 0.717) is 54.5 Å². The molecular formula is C27H25N3O4S2. The van der Waals surface area contributed by atoms with E-state index in [4.69, 9.17) is 14.5 Å². The molecule has 7 nitrogen and oxygen atoms in total. The van der Waals surface area contributed by atoms with Gasteiger partial charge in [-0.25, -0.2) is 4.98 Å². The Labute approximate surface area is 216 Å².